The van der Waals surface area contributed by atoms with E-state index < -0.39 is 0 Å². The zero-order valence-corrected chi connectivity index (χ0v) is 12.2. The van der Waals surface area contributed by atoms with Crippen LogP contribution in [0.4, 0.5) is 0 Å². The van der Waals surface area contributed by atoms with E-state index in [1.54, 1.807) is 12.4 Å². The van der Waals surface area contributed by atoms with Gasteiger partial charge in [-0.05, 0) is 33.8 Å². The average Bonchev–Trinajstić information content (AvgIpc) is 2.33. The summed E-state index contributed by atoms with van der Waals surface area (Å²) < 4.78 is 5.62. The van der Waals surface area contributed by atoms with Crippen molar-refractivity contribution in [2.45, 2.75) is 33.8 Å². The summed E-state index contributed by atoms with van der Waals surface area (Å²) in [5, 5.41) is 0.381. The van der Waals surface area contributed by atoms with Gasteiger partial charge in [0, 0.05) is 11.8 Å². The first kappa shape index (κ1) is 13.7. The molecule has 2 aromatic rings. The van der Waals surface area contributed by atoms with Gasteiger partial charge >= 0.3 is 0 Å². The van der Waals surface area contributed by atoms with E-state index in [4.69, 9.17) is 16.3 Å². The van der Waals surface area contributed by atoms with Crippen LogP contribution in [0.5, 0.6) is 5.75 Å². The quantitative estimate of drug-likeness (QED) is 0.860. The molecule has 100 valence electrons. The predicted molar refractivity (Wildman–Crippen MR) is 75.5 cm³/mol. The monoisotopic (exact) mass is 277 g/mol. The van der Waals surface area contributed by atoms with Crippen LogP contribution in [-0.2, 0) is 0 Å². The van der Waals surface area contributed by atoms with Gasteiger partial charge < -0.3 is 4.74 Å². The van der Waals surface area contributed by atoms with Gasteiger partial charge in [-0.1, -0.05) is 11.6 Å². The van der Waals surface area contributed by atoms with Crippen molar-refractivity contribution in [3.05, 3.63) is 35.0 Å². The van der Waals surface area contributed by atoms with E-state index in [0.29, 0.717) is 16.6 Å². The van der Waals surface area contributed by atoms with Gasteiger partial charge in [-0.15, -0.1) is 0 Å². The molecule has 0 saturated carbocycles. The molecule has 0 saturated heterocycles. The van der Waals surface area contributed by atoms with Gasteiger partial charge in [-0.25, -0.2) is 9.97 Å². The molecule has 0 aliphatic carbocycles. The third-order valence-electron chi connectivity index (χ3n) is 2.62. The smallest absolute Gasteiger partial charge is 0.155 e. The lowest BCUT2D eigenvalue weighted by Crippen LogP contribution is -2.06. The lowest BCUT2D eigenvalue weighted by Gasteiger charge is -2.11. The Morgan fingerprint density at radius 3 is 2.47 bits per heavy atom. The van der Waals surface area contributed by atoms with Gasteiger partial charge in [0.25, 0.3) is 0 Å². The molecule has 2 heterocycles. The Hall–Kier alpha value is -1.68. The van der Waals surface area contributed by atoms with E-state index in [0.717, 1.165) is 17.0 Å². The highest BCUT2D eigenvalue weighted by molar-refractivity contribution is 6.31. The van der Waals surface area contributed by atoms with Gasteiger partial charge in [0.1, 0.15) is 11.4 Å². The van der Waals surface area contributed by atoms with Gasteiger partial charge in [-0.3, -0.25) is 4.98 Å². The first-order valence-corrected chi connectivity index (χ1v) is 6.48. The number of ether oxygens (including phenoxy) is 1. The Morgan fingerprint density at radius 1 is 1.11 bits per heavy atom. The fourth-order valence-electron chi connectivity index (χ4n) is 1.64. The molecule has 2 aromatic heterocycles. The molecule has 4 nitrogen and oxygen atoms in total. The second-order valence-corrected chi connectivity index (χ2v) is 4.97. The van der Waals surface area contributed by atoms with Crippen LogP contribution in [0.1, 0.15) is 25.2 Å². The Morgan fingerprint density at radius 2 is 1.79 bits per heavy atom. The number of aromatic nitrogens is 3. The van der Waals surface area contributed by atoms with Crippen LogP contribution >= 0.6 is 11.6 Å². The summed E-state index contributed by atoms with van der Waals surface area (Å²) in [5.41, 5.74) is 3.12. The lowest BCUT2D eigenvalue weighted by atomic mass is 10.2. The Bertz CT molecular complexity index is 599. The van der Waals surface area contributed by atoms with E-state index in [1.807, 2.05) is 33.8 Å². The highest BCUT2D eigenvalue weighted by Crippen LogP contribution is 2.27. The number of hydrogen-bond donors (Lipinski definition) is 0. The molecule has 0 bridgehead atoms. The third kappa shape index (κ3) is 3.20. The zero-order valence-electron chi connectivity index (χ0n) is 11.4. The summed E-state index contributed by atoms with van der Waals surface area (Å²) in [6.07, 6.45) is 3.47. The van der Waals surface area contributed by atoms with Crippen LogP contribution in [-0.4, -0.2) is 21.1 Å². The second-order valence-electron chi connectivity index (χ2n) is 4.61. The molecule has 0 aliphatic heterocycles. The largest absolute Gasteiger partial charge is 0.489 e. The van der Waals surface area contributed by atoms with Crippen molar-refractivity contribution >= 4 is 11.6 Å². The van der Waals surface area contributed by atoms with Gasteiger partial charge in [0.2, 0.25) is 0 Å². The van der Waals surface area contributed by atoms with Crippen LogP contribution in [0.25, 0.3) is 11.3 Å². The van der Waals surface area contributed by atoms with Crippen LogP contribution in [0.2, 0.25) is 5.15 Å². The molecule has 0 amide bonds. The maximum absolute atomic E-state index is 6.15. The van der Waals surface area contributed by atoms with Crippen molar-refractivity contribution in [3.63, 3.8) is 0 Å². The normalized spacial score (nSPS) is 10.8. The fourth-order valence-corrected chi connectivity index (χ4v) is 1.92. The van der Waals surface area contributed by atoms with Crippen molar-refractivity contribution in [3.8, 4) is 17.0 Å². The molecule has 0 N–H and O–H groups in total. The van der Waals surface area contributed by atoms with Gasteiger partial charge in [0.15, 0.2) is 5.15 Å². The highest BCUT2D eigenvalue weighted by Gasteiger charge is 2.11. The van der Waals surface area contributed by atoms with Crippen molar-refractivity contribution in [1.29, 1.82) is 0 Å². The molecule has 0 atom stereocenters. The van der Waals surface area contributed by atoms with Crippen molar-refractivity contribution in [2.75, 3.05) is 0 Å². The first-order valence-electron chi connectivity index (χ1n) is 6.10. The zero-order chi connectivity index (χ0) is 14.0. The number of pyridine rings is 1. The molecule has 2 rings (SSSR count). The number of halogens is 1. The van der Waals surface area contributed by atoms with Gasteiger partial charge in [-0.2, -0.15) is 0 Å². The summed E-state index contributed by atoms with van der Waals surface area (Å²) in [7, 11) is 0. The maximum atomic E-state index is 6.15. The third-order valence-corrected chi connectivity index (χ3v) is 2.89. The number of rotatable bonds is 3. The van der Waals surface area contributed by atoms with Crippen LogP contribution < -0.4 is 4.74 Å². The molecule has 5 heteroatoms. The minimum absolute atomic E-state index is 0.0957. The van der Waals surface area contributed by atoms with Gasteiger partial charge in [0.05, 0.1) is 23.7 Å². The fraction of sp³-hybridized carbons (Fsp3) is 0.357. The first-order chi connectivity index (χ1) is 8.97. The standard InChI is InChI=1S/C14H16ClN3O/c1-8(2)19-12-5-11(6-16-7-12)13-14(15)18-10(4)9(3)17-13/h5-8H,1-4H3. The molecular formula is C14H16ClN3O. The molecule has 0 radical (unpaired) electrons. The number of nitrogens with zero attached hydrogens (tertiary/aromatic N) is 3. The van der Waals surface area contributed by atoms with Crippen molar-refractivity contribution in [2.24, 2.45) is 0 Å². The minimum atomic E-state index is 0.0957. The minimum Gasteiger partial charge on any atom is -0.489 e. The molecule has 0 spiro atoms. The topological polar surface area (TPSA) is 47.9 Å². The summed E-state index contributed by atoms with van der Waals surface area (Å²) in [5.74, 6) is 0.698. The Balaban J connectivity index is 2.44. The van der Waals surface area contributed by atoms with Crippen LogP contribution in [0.3, 0.4) is 0 Å². The van der Waals surface area contributed by atoms with Crippen LogP contribution in [0.15, 0.2) is 18.5 Å². The Kier molecular flexibility index (Phi) is 4.00. The van der Waals surface area contributed by atoms with Crippen molar-refractivity contribution in [1.82, 2.24) is 15.0 Å². The predicted octanol–water partition coefficient (Wildman–Crippen LogP) is 3.60. The number of hydrogen-bond acceptors (Lipinski definition) is 4. The van der Waals surface area contributed by atoms with Crippen LogP contribution in [0, 0.1) is 13.8 Å². The van der Waals surface area contributed by atoms with E-state index in [-0.39, 0.29) is 6.10 Å². The molecule has 0 unspecified atom stereocenters. The highest BCUT2D eigenvalue weighted by atomic mass is 35.5. The Labute approximate surface area is 117 Å². The number of aryl methyl sites for hydroxylation is 2. The van der Waals surface area contributed by atoms with E-state index in [1.165, 1.54) is 0 Å². The average molecular weight is 278 g/mol. The molecule has 0 aliphatic rings. The second kappa shape index (κ2) is 5.53. The summed E-state index contributed by atoms with van der Waals surface area (Å²) in [6, 6.07) is 1.87. The molecule has 0 aromatic carbocycles. The summed E-state index contributed by atoms with van der Waals surface area (Å²) in [6.45, 7) is 7.73. The molecular weight excluding hydrogens is 262 g/mol. The van der Waals surface area contributed by atoms with Crippen molar-refractivity contribution < 1.29 is 4.74 Å². The molecule has 0 fully saturated rings. The summed E-state index contributed by atoms with van der Waals surface area (Å²) in [4.78, 5) is 12.9. The van der Waals surface area contributed by atoms with E-state index in [9.17, 15) is 0 Å². The lowest BCUT2D eigenvalue weighted by molar-refractivity contribution is 0.241. The molecule has 19 heavy (non-hydrogen) atoms. The maximum Gasteiger partial charge on any atom is 0.155 e. The SMILES string of the molecule is Cc1nc(Cl)c(-c2cncc(OC(C)C)c2)nc1C. The van der Waals surface area contributed by atoms with E-state index in [2.05, 4.69) is 15.0 Å². The van der Waals surface area contributed by atoms with E-state index >= 15 is 0 Å². The summed E-state index contributed by atoms with van der Waals surface area (Å²) >= 11 is 6.15.